The molecule has 2 aliphatic rings. The molecule has 1 aromatic rings. The number of nitrogens with zero attached hydrogens (tertiary/aromatic N) is 3. The summed E-state index contributed by atoms with van der Waals surface area (Å²) in [6.07, 6.45) is -0.640. The first-order valence-electron chi connectivity index (χ1n) is 8.38. The van der Waals surface area contributed by atoms with E-state index in [0.717, 1.165) is 24.2 Å². The largest absolute Gasteiger partial charge is 0.356 e. The van der Waals surface area contributed by atoms with E-state index in [1.807, 2.05) is 36.1 Å². The molecule has 0 unspecified atom stereocenters. The predicted molar refractivity (Wildman–Crippen MR) is 90.5 cm³/mol. The number of piperazine rings is 1. The molecule has 0 aromatic heterocycles. The number of hydrogen-bond acceptors (Lipinski definition) is 4. The molecule has 6 heteroatoms. The number of carbonyl (C=O) groups excluding carboxylic acids is 2. The Hall–Kier alpha value is -1.92. The van der Waals surface area contributed by atoms with E-state index >= 15 is 0 Å². The Kier molecular flexibility index (Phi) is 4.87. The summed E-state index contributed by atoms with van der Waals surface area (Å²) in [5.41, 5.74) is 2.08. The minimum absolute atomic E-state index is 0.0203. The van der Waals surface area contributed by atoms with Crippen LogP contribution in [-0.2, 0) is 14.3 Å². The Bertz CT molecular complexity index is 608. The maximum Gasteiger partial charge on any atom is 0.254 e. The summed E-state index contributed by atoms with van der Waals surface area (Å²) in [4.78, 5) is 30.8. The van der Waals surface area contributed by atoms with Gasteiger partial charge in [0.2, 0.25) is 5.91 Å². The highest BCUT2D eigenvalue weighted by molar-refractivity contribution is 5.86. The van der Waals surface area contributed by atoms with Gasteiger partial charge in [0.25, 0.3) is 5.91 Å². The maximum absolute atomic E-state index is 13.0. The van der Waals surface area contributed by atoms with Gasteiger partial charge in [0, 0.05) is 33.2 Å². The molecule has 2 amide bonds. The molecule has 0 spiro atoms. The zero-order chi connectivity index (χ0) is 17.3. The number of rotatable bonds is 2. The minimum Gasteiger partial charge on any atom is -0.356 e. The van der Waals surface area contributed by atoms with Gasteiger partial charge >= 0.3 is 0 Å². The zero-order valence-corrected chi connectivity index (χ0v) is 14.6. The fourth-order valence-electron chi connectivity index (χ4n) is 3.29. The van der Waals surface area contributed by atoms with Gasteiger partial charge in [-0.05, 0) is 19.5 Å². The Morgan fingerprint density at radius 1 is 1.08 bits per heavy atom. The molecule has 24 heavy (non-hydrogen) atoms. The first kappa shape index (κ1) is 16.9. The average Bonchev–Trinajstić information content (AvgIpc) is 2.58. The van der Waals surface area contributed by atoms with E-state index in [-0.39, 0.29) is 24.5 Å². The fourth-order valence-corrected chi connectivity index (χ4v) is 3.29. The number of amides is 2. The topological polar surface area (TPSA) is 53.1 Å². The number of ether oxygens (including phenoxy) is 1. The summed E-state index contributed by atoms with van der Waals surface area (Å²) in [5, 5.41) is 0. The van der Waals surface area contributed by atoms with E-state index in [1.54, 1.807) is 11.9 Å². The van der Waals surface area contributed by atoms with E-state index < -0.39 is 6.10 Å². The molecule has 2 atom stereocenters. The van der Waals surface area contributed by atoms with Crippen LogP contribution in [0.25, 0.3) is 0 Å². The molecule has 2 heterocycles. The first-order chi connectivity index (χ1) is 11.5. The monoisotopic (exact) mass is 331 g/mol. The van der Waals surface area contributed by atoms with Gasteiger partial charge in [-0.25, -0.2) is 0 Å². The van der Waals surface area contributed by atoms with Crippen molar-refractivity contribution >= 4 is 11.8 Å². The predicted octanol–water partition coefficient (Wildman–Crippen LogP) is 0.667. The molecule has 1 aromatic carbocycles. The van der Waals surface area contributed by atoms with Gasteiger partial charge in [-0.2, -0.15) is 0 Å². The maximum atomic E-state index is 13.0. The highest BCUT2D eigenvalue weighted by atomic mass is 16.5. The Labute approximate surface area is 143 Å². The highest BCUT2D eigenvalue weighted by Crippen LogP contribution is 2.30. The average molecular weight is 331 g/mol. The van der Waals surface area contributed by atoms with Crippen LogP contribution in [0.4, 0.5) is 0 Å². The molecule has 130 valence electrons. The third-order valence-corrected chi connectivity index (χ3v) is 4.96. The first-order valence-corrected chi connectivity index (χ1v) is 8.38. The Morgan fingerprint density at radius 2 is 1.71 bits per heavy atom. The summed E-state index contributed by atoms with van der Waals surface area (Å²) in [6, 6.07) is 7.57. The molecule has 0 aliphatic carbocycles. The van der Waals surface area contributed by atoms with Gasteiger partial charge < -0.3 is 19.4 Å². The number of likely N-dealkylation sites (N-methyl/N-ethyl adjacent to an activating group) is 2. The molecule has 6 nitrogen and oxygen atoms in total. The van der Waals surface area contributed by atoms with E-state index in [9.17, 15) is 9.59 Å². The third-order valence-electron chi connectivity index (χ3n) is 4.96. The second-order valence-corrected chi connectivity index (χ2v) is 6.72. The fraction of sp³-hybridized carbons (Fsp3) is 0.556. The Morgan fingerprint density at radius 3 is 2.33 bits per heavy atom. The third kappa shape index (κ3) is 3.30. The lowest BCUT2D eigenvalue weighted by molar-refractivity contribution is -0.168. The van der Waals surface area contributed by atoms with Crippen molar-refractivity contribution in [3.63, 3.8) is 0 Å². The number of hydrogen-bond donors (Lipinski definition) is 0. The summed E-state index contributed by atoms with van der Waals surface area (Å²) < 4.78 is 5.70. The Balaban J connectivity index is 1.84. The van der Waals surface area contributed by atoms with Crippen LogP contribution >= 0.6 is 0 Å². The number of aryl methyl sites for hydroxylation is 1. The van der Waals surface area contributed by atoms with Gasteiger partial charge in [0.15, 0.2) is 6.10 Å². The van der Waals surface area contributed by atoms with Crippen LogP contribution in [0.5, 0.6) is 0 Å². The van der Waals surface area contributed by atoms with Crippen molar-refractivity contribution in [3.05, 3.63) is 35.4 Å². The molecule has 2 fully saturated rings. The quantitative estimate of drug-likeness (QED) is 0.799. The smallest absolute Gasteiger partial charge is 0.254 e. The molecule has 2 saturated heterocycles. The lowest BCUT2D eigenvalue weighted by atomic mass is 9.96. The summed E-state index contributed by atoms with van der Waals surface area (Å²) in [7, 11) is 3.81. The van der Waals surface area contributed by atoms with E-state index in [0.29, 0.717) is 13.1 Å². The van der Waals surface area contributed by atoms with Crippen LogP contribution < -0.4 is 0 Å². The number of benzene rings is 1. The molecule has 0 bridgehead atoms. The van der Waals surface area contributed by atoms with Crippen LogP contribution in [0.1, 0.15) is 17.2 Å². The SMILES string of the molecule is Cc1ccc([C@H]2[C@H](C(=O)N3CCN(C)CC3)OCC(=O)N2C)cc1. The standard InChI is InChI=1S/C18H25N3O3/c1-13-4-6-14(7-5-13)16-17(24-12-15(22)20(16)3)18(23)21-10-8-19(2)9-11-21/h4-7,16-17H,8-12H2,1-3H3/t16-,17+/m0/s1. The van der Waals surface area contributed by atoms with Crippen molar-refractivity contribution in [2.75, 3.05) is 46.9 Å². The summed E-state index contributed by atoms with van der Waals surface area (Å²) >= 11 is 0. The van der Waals surface area contributed by atoms with Crippen LogP contribution in [0.2, 0.25) is 0 Å². The second kappa shape index (κ2) is 6.91. The number of carbonyl (C=O) groups is 2. The lowest BCUT2D eigenvalue weighted by Crippen LogP contribution is -2.56. The molecular formula is C18H25N3O3. The second-order valence-electron chi connectivity index (χ2n) is 6.72. The van der Waals surface area contributed by atoms with E-state index in [4.69, 9.17) is 4.74 Å². The van der Waals surface area contributed by atoms with Crippen LogP contribution in [0.3, 0.4) is 0 Å². The van der Waals surface area contributed by atoms with Gasteiger partial charge in [0.1, 0.15) is 6.61 Å². The van der Waals surface area contributed by atoms with Gasteiger partial charge in [0.05, 0.1) is 6.04 Å². The zero-order valence-electron chi connectivity index (χ0n) is 14.6. The van der Waals surface area contributed by atoms with Crippen molar-refractivity contribution in [1.29, 1.82) is 0 Å². The highest BCUT2D eigenvalue weighted by Gasteiger charge is 2.42. The lowest BCUT2D eigenvalue weighted by Gasteiger charge is -2.41. The normalized spacial score (nSPS) is 25.9. The van der Waals surface area contributed by atoms with Gasteiger partial charge in [-0.15, -0.1) is 0 Å². The minimum atomic E-state index is -0.640. The van der Waals surface area contributed by atoms with Crippen molar-refractivity contribution < 1.29 is 14.3 Å². The number of morpholine rings is 1. The van der Waals surface area contributed by atoms with Crippen LogP contribution in [0.15, 0.2) is 24.3 Å². The summed E-state index contributed by atoms with van der Waals surface area (Å²) in [6.45, 7) is 5.11. The van der Waals surface area contributed by atoms with Gasteiger partial charge in [-0.1, -0.05) is 29.8 Å². The molecule has 0 radical (unpaired) electrons. The van der Waals surface area contributed by atoms with Gasteiger partial charge in [-0.3, -0.25) is 9.59 Å². The van der Waals surface area contributed by atoms with Crippen molar-refractivity contribution in [2.24, 2.45) is 0 Å². The molecule has 0 N–H and O–H groups in total. The van der Waals surface area contributed by atoms with E-state index in [2.05, 4.69) is 11.9 Å². The van der Waals surface area contributed by atoms with Crippen LogP contribution in [0, 0.1) is 6.92 Å². The van der Waals surface area contributed by atoms with E-state index in [1.165, 1.54) is 0 Å². The molecule has 2 aliphatic heterocycles. The van der Waals surface area contributed by atoms with Crippen molar-refractivity contribution in [1.82, 2.24) is 14.7 Å². The van der Waals surface area contributed by atoms with Crippen molar-refractivity contribution in [2.45, 2.75) is 19.1 Å². The molecule has 3 rings (SSSR count). The van der Waals surface area contributed by atoms with Crippen molar-refractivity contribution in [3.8, 4) is 0 Å². The van der Waals surface area contributed by atoms with Crippen LogP contribution in [-0.4, -0.2) is 79.5 Å². The summed E-state index contributed by atoms with van der Waals surface area (Å²) in [5.74, 6) is -0.115. The molecular weight excluding hydrogens is 306 g/mol. The molecule has 0 saturated carbocycles.